The van der Waals surface area contributed by atoms with Crippen LogP contribution in [0.1, 0.15) is 25.3 Å². The minimum atomic E-state index is -0.500. The quantitative estimate of drug-likeness (QED) is 0.841. The monoisotopic (exact) mass is 249 g/mol. The van der Waals surface area contributed by atoms with Gasteiger partial charge in [0.05, 0.1) is 7.11 Å². The molecule has 0 unspecified atom stereocenters. The number of hydrogen-bond donors (Lipinski definition) is 1. The van der Waals surface area contributed by atoms with Crippen LogP contribution in [0.5, 0.6) is 0 Å². The maximum Gasteiger partial charge on any atom is 0.407 e. The van der Waals surface area contributed by atoms with E-state index in [0.29, 0.717) is 19.3 Å². The largest absolute Gasteiger partial charge is 0.453 e. The van der Waals surface area contributed by atoms with Crippen molar-refractivity contribution in [1.29, 1.82) is 0 Å². The molecular weight excluding hydrogens is 230 g/mol. The summed E-state index contributed by atoms with van der Waals surface area (Å²) >= 11 is 0. The Morgan fingerprint density at radius 1 is 1.28 bits per heavy atom. The van der Waals surface area contributed by atoms with Crippen LogP contribution < -0.4 is 5.32 Å². The number of alkyl carbamates (subject to hydrolysis) is 1. The van der Waals surface area contributed by atoms with Crippen LogP contribution in [-0.4, -0.2) is 25.0 Å². The molecule has 18 heavy (non-hydrogen) atoms. The van der Waals surface area contributed by atoms with Crippen molar-refractivity contribution < 1.29 is 14.3 Å². The fraction of sp³-hybridized carbons (Fsp3) is 0.429. The summed E-state index contributed by atoms with van der Waals surface area (Å²) in [6.45, 7) is 1.82. The second kappa shape index (κ2) is 7.48. The minimum absolute atomic E-state index is 0.132. The first-order valence-electron chi connectivity index (χ1n) is 6.05. The van der Waals surface area contributed by atoms with E-state index < -0.39 is 6.09 Å². The number of Topliss-reactive ketones (excluding diaryl/α,β-unsaturated/α-hetero) is 1. The number of benzene rings is 1. The van der Waals surface area contributed by atoms with E-state index in [1.54, 1.807) is 0 Å². The molecule has 0 aliphatic heterocycles. The summed E-state index contributed by atoms with van der Waals surface area (Å²) in [5.74, 6) is 0.132. The molecule has 0 heterocycles. The lowest BCUT2D eigenvalue weighted by atomic mass is 10.0. The summed E-state index contributed by atoms with van der Waals surface area (Å²) in [6.07, 6.45) is 0.941. The molecule has 1 aromatic carbocycles. The van der Waals surface area contributed by atoms with Gasteiger partial charge in [0.15, 0.2) is 0 Å². The highest BCUT2D eigenvalue weighted by Gasteiger charge is 2.16. The van der Waals surface area contributed by atoms with Gasteiger partial charge in [-0.15, -0.1) is 0 Å². The number of ketones is 1. The first-order valence-corrected chi connectivity index (χ1v) is 6.05. The van der Waals surface area contributed by atoms with Crippen molar-refractivity contribution in [2.45, 2.75) is 32.2 Å². The number of carbonyl (C=O) groups excluding carboxylic acids is 2. The highest BCUT2D eigenvalue weighted by Crippen LogP contribution is 2.07. The SMILES string of the molecule is CCC(=O)C[C@@H](Cc1ccccc1)NC(=O)OC. The van der Waals surface area contributed by atoms with Crippen LogP contribution in [-0.2, 0) is 16.0 Å². The zero-order valence-electron chi connectivity index (χ0n) is 10.8. The third-order valence-corrected chi connectivity index (χ3v) is 2.70. The Hall–Kier alpha value is -1.84. The maximum atomic E-state index is 11.5. The molecular formula is C14H19NO3. The standard InChI is InChI=1S/C14H19NO3/c1-3-13(16)10-12(15-14(17)18-2)9-11-7-5-4-6-8-11/h4-8,12H,3,9-10H2,1-2H3,(H,15,17)/t12-/m1/s1. The lowest BCUT2D eigenvalue weighted by molar-refractivity contribution is -0.119. The minimum Gasteiger partial charge on any atom is -0.453 e. The highest BCUT2D eigenvalue weighted by atomic mass is 16.5. The van der Waals surface area contributed by atoms with Crippen LogP contribution >= 0.6 is 0 Å². The van der Waals surface area contributed by atoms with Crippen molar-refractivity contribution in [3.63, 3.8) is 0 Å². The average molecular weight is 249 g/mol. The van der Waals surface area contributed by atoms with Gasteiger partial charge in [0.2, 0.25) is 0 Å². The predicted octanol–water partition coefficient (Wildman–Crippen LogP) is 2.32. The van der Waals surface area contributed by atoms with Crippen molar-refractivity contribution in [2.75, 3.05) is 7.11 Å². The lowest BCUT2D eigenvalue weighted by Crippen LogP contribution is -2.37. The van der Waals surface area contributed by atoms with Gasteiger partial charge in [-0.25, -0.2) is 4.79 Å². The van der Waals surface area contributed by atoms with Gasteiger partial charge in [0.25, 0.3) is 0 Å². The smallest absolute Gasteiger partial charge is 0.407 e. The summed E-state index contributed by atoms with van der Waals surface area (Å²) in [4.78, 5) is 22.7. The molecule has 1 amide bonds. The van der Waals surface area contributed by atoms with E-state index in [1.807, 2.05) is 37.3 Å². The topological polar surface area (TPSA) is 55.4 Å². The zero-order valence-corrected chi connectivity index (χ0v) is 10.8. The second-order valence-corrected chi connectivity index (χ2v) is 4.12. The molecule has 1 N–H and O–H groups in total. The Morgan fingerprint density at radius 2 is 1.94 bits per heavy atom. The summed E-state index contributed by atoms with van der Waals surface area (Å²) in [5, 5.41) is 2.70. The Balaban J connectivity index is 2.64. The van der Waals surface area contributed by atoms with E-state index >= 15 is 0 Å². The summed E-state index contributed by atoms with van der Waals surface area (Å²) in [6, 6.07) is 9.54. The number of amides is 1. The van der Waals surface area contributed by atoms with Gasteiger partial charge in [0.1, 0.15) is 5.78 Å². The number of carbonyl (C=O) groups is 2. The highest BCUT2D eigenvalue weighted by molar-refractivity contribution is 5.79. The van der Waals surface area contributed by atoms with Gasteiger partial charge in [-0.3, -0.25) is 4.79 Å². The van der Waals surface area contributed by atoms with Crippen LogP contribution in [0.4, 0.5) is 4.79 Å². The molecule has 4 heteroatoms. The Kier molecular flexibility index (Phi) is 5.91. The molecule has 0 spiro atoms. The molecule has 0 saturated heterocycles. The molecule has 0 fully saturated rings. The predicted molar refractivity (Wildman–Crippen MR) is 69.4 cm³/mol. The third-order valence-electron chi connectivity index (χ3n) is 2.70. The van der Waals surface area contributed by atoms with Gasteiger partial charge in [-0.2, -0.15) is 0 Å². The maximum absolute atomic E-state index is 11.5. The Morgan fingerprint density at radius 3 is 2.50 bits per heavy atom. The van der Waals surface area contributed by atoms with Crippen LogP contribution in [0.25, 0.3) is 0 Å². The first-order chi connectivity index (χ1) is 8.65. The molecule has 4 nitrogen and oxygen atoms in total. The summed E-state index contributed by atoms with van der Waals surface area (Å²) in [5.41, 5.74) is 1.09. The summed E-state index contributed by atoms with van der Waals surface area (Å²) < 4.78 is 4.57. The lowest BCUT2D eigenvalue weighted by Gasteiger charge is -2.17. The summed E-state index contributed by atoms with van der Waals surface area (Å²) in [7, 11) is 1.32. The van der Waals surface area contributed by atoms with E-state index in [4.69, 9.17) is 0 Å². The van der Waals surface area contributed by atoms with Crippen molar-refractivity contribution >= 4 is 11.9 Å². The van der Waals surface area contributed by atoms with E-state index in [0.717, 1.165) is 5.56 Å². The fourth-order valence-electron chi connectivity index (χ4n) is 1.72. The van der Waals surface area contributed by atoms with Crippen molar-refractivity contribution in [3.8, 4) is 0 Å². The number of rotatable bonds is 6. The van der Waals surface area contributed by atoms with Crippen molar-refractivity contribution in [1.82, 2.24) is 5.32 Å². The first kappa shape index (κ1) is 14.2. The van der Waals surface area contributed by atoms with Gasteiger partial charge in [0, 0.05) is 18.9 Å². The molecule has 1 aromatic rings. The molecule has 0 radical (unpaired) electrons. The van der Waals surface area contributed by atoms with Gasteiger partial charge < -0.3 is 10.1 Å². The zero-order chi connectivity index (χ0) is 13.4. The molecule has 0 aliphatic rings. The Labute approximate surface area is 107 Å². The van der Waals surface area contributed by atoms with E-state index in [-0.39, 0.29) is 11.8 Å². The number of methoxy groups -OCH3 is 1. The van der Waals surface area contributed by atoms with Gasteiger partial charge >= 0.3 is 6.09 Å². The molecule has 1 rings (SSSR count). The third kappa shape index (κ3) is 4.99. The normalized spacial score (nSPS) is 11.7. The van der Waals surface area contributed by atoms with Crippen molar-refractivity contribution in [2.24, 2.45) is 0 Å². The van der Waals surface area contributed by atoms with Crippen molar-refractivity contribution in [3.05, 3.63) is 35.9 Å². The molecule has 0 aromatic heterocycles. The van der Waals surface area contributed by atoms with Crippen LogP contribution in [0, 0.1) is 0 Å². The van der Waals surface area contributed by atoms with E-state index in [2.05, 4.69) is 10.1 Å². The molecule has 0 aliphatic carbocycles. The van der Waals surface area contributed by atoms with E-state index in [9.17, 15) is 9.59 Å². The van der Waals surface area contributed by atoms with Crippen LogP contribution in [0.2, 0.25) is 0 Å². The number of nitrogens with one attached hydrogen (secondary N) is 1. The van der Waals surface area contributed by atoms with Crippen LogP contribution in [0.15, 0.2) is 30.3 Å². The molecule has 1 atom stereocenters. The van der Waals surface area contributed by atoms with Crippen LogP contribution in [0.3, 0.4) is 0 Å². The van der Waals surface area contributed by atoms with Gasteiger partial charge in [-0.1, -0.05) is 37.3 Å². The Bertz CT molecular complexity index is 371. The second-order valence-electron chi connectivity index (χ2n) is 4.12. The fourth-order valence-corrected chi connectivity index (χ4v) is 1.72. The number of ether oxygens (including phenoxy) is 1. The number of hydrogen-bond acceptors (Lipinski definition) is 3. The van der Waals surface area contributed by atoms with E-state index in [1.165, 1.54) is 7.11 Å². The molecule has 0 bridgehead atoms. The van der Waals surface area contributed by atoms with Gasteiger partial charge in [-0.05, 0) is 12.0 Å². The molecule has 0 saturated carbocycles. The molecule has 98 valence electrons. The average Bonchev–Trinajstić information content (AvgIpc) is 2.39.